The van der Waals surface area contributed by atoms with Gasteiger partial charge in [0.2, 0.25) is 0 Å². The van der Waals surface area contributed by atoms with E-state index < -0.39 is 6.03 Å². The molecule has 2 aromatic carbocycles. The van der Waals surface area contributed by atoms with Crippen LogP contribution in [0.2, 0.25) is 0 Å². The van der Waals surface area contributed by atoms with Crippen LogP contribution in [-0.2, 0) is 6.54 Å². The van der Waals surface area contributed by atoms with Gasteiger partial charge in [-0.1, -0.05) is 6.07 Å². The van der Waals surface area contributed by atoms with Gasteiger partial charge in [-0.3, -0.25) is 0 Å². The Morgan fingerprint density at radius 2 is 1.86 bits per heavy atom. The van der Waals surface area contributed by atoms with Crippen molar-refractivity contribution in [2.45, 2.75) is 6.54 Å². The number of benzene rings is 2. The molecule has 5 nitrogen and oxygen atoms in total. The topological polar surface area (TPSA) is 76.4 Å². The molecule has 110 valence electrons. The van der Waals surface area contributed by atoms with Crippen LogP contribution in [0.1, 0.15) is 5.56 Å². The Bertz CT molecular complexity index is 629. The maximum Gasteiger partial charge on any atom is 0.316 e. The molecule has 6 heteroatoms. The third kappa shape index (κ3) is 4.39. The normalized spacial score (nSPS) is 10.0. The minimum Gasteiger partial charge on any atom is -0.496 e. The Morgan fingerprint density at radius 1 is 1.19 bits per heavy atom. The summed E-state index contributed by atoms with van der Waals surface area (Å²) in [5, 5.41) is 5.82. The molecule has 0 bridgehead atoms. The maximum absolute atomic E-state index is 10.7. The van der Waals surface area contributed by atoms with Crippen LogP contribution in [0.3, 0.4) is 0 Å². The summed E-state index contributed by atoms with van der Waals surface area (Å²) in [6.45, 7) is 0.686. The Morgan fingerprint density at radius 3 is 2.43 bits per heavy atom. The van der Waals surface area contributed by atoms with Gasteiger partial charge in [0.15, 0.2) is 0 Å². The van der Waals surface area contributed by atoms with Crippen molar-refractivity contribution >= 4 is 33.3 Å². The van der Waals surface area contributed by atoms with Crippen molar-refractivity contribution in [2.24, 2.45) is 5.73 Å². The molecule has 0 radical (unpaired) electrons. The van der Waals surface area contributed by atoms with Gasteiger partial charge in [-0.05, 0) is 57.9 Å². The lowest BCUT2D eigenvalue weighted by atomic mass is 10.2. The van der Waals surface area contributed by atoms with Gasteiger partial charge in [0.05, 0.1) is 11.6 Å². The highest BCUT2D eigenvalue weighted by Crippen LogP contribution is 2.26. The number of primary amides is 1. The van der Waals surface area contributed by atoms with Crippen LogP contribution >= 0.6 is 15.9 Å². The zero-order valence-electron chi connectivity index (χ0n) is 11.5. The van der Waals surface area contributed by atoms with E-state index in [1.807, 2.05) is 30.3 Å². The third-order valence-electron chi connectivity index (χ3n) is 2.87. The van der Waals surface area contributed by atoms with E-state index in [9.17, 15) is 4.79 Å². The van der Waals surface area contributed by atoms with E-state index in [-0.39, 0.29) is 0 Å². The van der Waals surface area contributed by atoms with Crippen molar-refractivity contribution in [1.29, 1.82) is 0 Å². The highest BCUT2D eigenvalue weighted by atomic mass is 79.9. The molecule has 0 atom stereocenters. The average Bonchev–Trinajstić information content (AvgIpc) is 2.46. The molecule has 0 aliphatic carbocycles. The molecule has 0 aliphatic heterocycles. The number of methoxy groups -OCH3 is 1. The van der Waals surface area contributed by atoms with E-state index in [0.29, 0.717) is 12.2 Å². The van der Waals surface area contributed by atoms with Gasteiger partial charge < -0.3 is 21.1 Å². The second kappa shape index (κ2) is 6.99. The smallest absolute Gasteiger partial charge is 0.316 e. The summed E-state index contributed by atoms with van der Waals surface area (Å²) in [4.78, 5) is 10.7. The van der Waals surface area contributed by atoms with E-state index in [1.54, 1.807) is 19.2 Å². The van der Waals surface area contributed by atoms with E-state index in [0.717, 1.165) is 21.5 Å². The molecule has 21 heavy (non-hydrogen) atoms. The van der Waals surface area contributed by atoms with Gasteiger partial charge in [-0.2, -0.15) is 0 Å². The first-order valence-electron chi connectivity index (χ1n) is 6.31. The van der Waals surface area contributed by atoms with E-state index in [4.69, 9.17) is 10.5 Å². The van der Waals surface area contributed by atoms with E-state index in [2.05, 4.69) is 26.6 Å². The number of carbonyl (C=O) groups excluding carboxylic acids is 1. The number of urea groups is 1. The zero-order chi connectivity index (χ0) is 15.2. The predicted octanol–water partition coefficient (Wildman–Crippen LogP) is 3.56. The monoisotopic (exact) mass is 349 g/mol. The summed E-state index contributed by atoms with van der Waals surface area (Å²) in [6.07, 6.45) is 0. The Kier molecular flexibility index (Phi) is 5.05. The molecule has 0 fully saturated rings. The van der Waals surface area contributed by atoms with Crippen LogP contribution in [0, 0.1) is 0 Å². The number of hydrogen-bond acceptors (Lipinski definition) is 3. The molecule has 0 heterocycles. The molecule has 0 unspecified atom stereocenters. The maximum atomic E-state index is 10.7. The minimum atomic E-state index is -0.571. The first-order valence-corrected chi connectivity index (χ1v) is 7.10. The van der Waals surface area contributed by atoms with Crippen molar-refractivity contribution in [3.05, 3.63) is 52.5 Å². The molecule has 0 aromatic heterocycles. The number of anilines is 2. The summed E-state index contributed by atoms with van der Waals surface area (Å²) in [7, 11) is 1.64. The molecule has 2 rings (SSSR count). The number of rotatable bonds is 5. The zero-order valence-corrected chi connectivity index (χ0v) is 13.1. The average molecular weight is 350 g/mol. The van der Waals surface area contributed by atoms with Gasteiger partial charge in [0.1, 0.15) is 5.75 Å². The quantitative estimate of drug-likeness (QED) is 0.772. The SMILES string of the molecule is COc1ccc(CNc2ccc(NC(N)=O)cc2)cc1Br. The lowest BCUT2D eigenvalue weighted by Crippen LogP contribution is -2.19. The standard InChI is InChI=1S/C15H16BrN3O2/c1-21-14-7-2-10(8-13(14)16)9-18-11-3-5-12(6-4-11)19-15(17)20/h2-8,18H,9H2,1H3,(H3,17,19,20). The second-order valence-corrected chi connectivity index (χ2v) is 5.24. The number of ether oxygens (including phenoxy) is 1. The van der Waals surface area contributed by atoms with Gasteiger partial charge in [0.25, 0.3) is 0 Å². The number of nitrogens with two attached hydrogens (primary N) is 1. The molecule has 0 saturated heterocycles. The number of nitrogens with one attached hydrogen (secondary N) is 2. The van der Waals surface area contributed by atoms with Gasteiger partial charge in [-0.15, -0.1) is 0 Å². The molecule has 0 spiro atoms. The van der Waals surface area contributed by atoms with Crippen molar-refractivity contribution in [3.63, 3.8) is 0 Å². The van der Waals surface area contributed by atoms with Crippen molar-refractivity contribution in [2.75, 3.05) is 17.7 Å². The van der Waals surface area contributed by atoms with Gasteiger partial charge in [0, 0.05) is 17.9 Å². The lowest BCUT2D eigenvalue weighted by Gasteiger charge is -2.09. The second-order valence-electron chi connectivity index (χ2n) is 4.39. The number of halogens is 1. The molecule has 0 saturated carbocycles. The van der Waals surface area contributed by atoms with Crippen LogP contribution in [0.4, 0.5) is 16.2 Å². The fourth-order valence-corrected chi connectivity index (χ4v) is 2.43. The minimum absolute atomic E-state index is 0.571. The number of carbonyl (C=O) groups is 1. The van der Waals surface area contributed by atoms with Gasteiger partial charge >= 0.3 is 6.03 Å². The fourth-order valence-electron chi connectivity index (χ4n) is 1.84. The first kappa shape index (κ1) is 15.2. The van der Waals surface area contributed by atoms with Crippen LogP contribution in [0.25, 0.3) is 0 Å². The van der Waals surface area contributed by atoms with Crippen LogP contribution < -0.4 is 21.1 Å². The van der Waals surface area contributed by atoms with Crippen molar-refractivity contribution in [3.8, 4) is 5.75 Å². The molecule has 2 amide bonds. The largest absolute Gasteiger partial charge is 0.496 e. The summed E-state index contributed by atoms with van der Waals surface area (Å²) in [6, 6.07) is 12.7. The van der Waals surface area contributed by atoms with Gasteiger partial charge in [-0.25, -0.2) is 4.79 Å². The molecular formula is C15H16BrN3O2. The highest BCUT2D eigenvalue weighted by Gasteiger charge is 2.02. The van der Waals surface area contributed by atoms with Crippen LogP contribution in [0.15, 0.2) is 46.9 Å². The Hall–Kier alpha value is -2.21. The van der Waals surface area contributed by atoms with E-state index >= 15 is 0 Å². The summed E-state index contributed by atoms with van der Waals surface area (Å²) in [5.41, 5.74) is 7.80. The summed E-state index contributed by atoms with van der Waals surface area (Å²) in [5.74, 6) is 0.806. The molecular weight excluding hydrogens is 334 g/mol. The lowest BCUT2D eigenvalue weighted by molar-refractivity contribution is 0.259. The summed E-state index contributed by atoms with van der Waals surface area (Å²) >= 11 is 3.46. The van der Waals surface area contributed by atoms with E-state index in [1.165, 1.54) is 0 Å². The molecule has 0 aliphatic rings. The third-order valence-corrected chi connectivity index (χ3v) is 3.48. The molecule has 4 N–H and O–H groups in total. The highest BCUT2D eigenvalue weighted by molar-refractivity contribution is 9.10. The number of hydrogen-bond donors (Lipinski definition) is 3. The van der Waals surface area contributed by atoms with Crippen LogP contribution in [-0.4, -0.2) is 13.1 Å². The predicted molar refractivity (Wildman–Crippen MR) is 87.7 cm³/mol. The number of amides is 2. The summed E-state index contributed by atoms with van der Waals surface area (Å²) < 4.78 is 6.12. The Labute approximate surface area is 131 Å². The van der Waals surface area contributed by atoms with Crippen molar-refractivity contribution < 1.29 is 9.53 Å². The fraction of sp³-hybridized carbons (Fsp3) is 0.133. The van der Waals surface area contributed by atoms with Crippen LogP contribution in [0.5, 0.6) is 5.75 Å². The first-order chi connectivity index (χ1) is 10.1. The van der Waals surface area contributed by atoms with Crippen molar-refractivity contribution in [1.82, 2.24) is 0 Å². The Balaban J connectivity index is 1.96. The molecule has 2 aromatic rings.